The maximum Gasteiger partial charge on any atom is 0.356 e. The number of nitriles is 1. The molecule has 0 aliphatic rings. The predicted octanol–water partition coefficient (Wildman–Crippen LogP) is 2.88. The average molecular weight is 299 g/mol. The van der Waals surface area contributed by atoms with Crippen LogP contribution in [-0.4, -0.2) is 22.6 Å². The Balaban J connectivity index is 2.49. The molecule has 3 N–H and O–H groups in total. The zero-order valence-corrected chi connectivity index (χ0v) is 13.4. The van der Waals surface area contributed by atoms with Crippen LogP contribution in [0.2, 0.25) is 0 Å². The van der Waals surface area contributed by atoms with Gasteiger partial charge < -0.3 is 15.5 Å². The second kappa shape index (κ2) is 5.82. The number of esters is 1. The van der Waals surface area contributed by atoms with Gasteiger partial charge in [-0.25, -0.2) is 4.79 Å². The summed E-state index contributed by atoms with van der Waals surface area (Å²) in [6.07, 6.45) is 0.716. The molecule has 1 unspecified atom stereocenters. The highest BCUT2D eigenvalue weighted by molar-refractivity contribution is 6.00. The minimum absolute atomic E-state index is 0.0345. The molecule has 22 heavy (non-hydrogen) atoms. The van der Waals surface area contributed by atoms with Crippen LogP contribution >= 0.6 is 0 Å². The largest absolute Gasteiger partial charge is 0.455 e. The molecular weight excluding hydrogens is 278 g/mol. The van der Waals surface area contributed by atoms with Gasteiger partial charge in [-0.15, -0.1) is 0 Å². The van der Waals surface area contributed by atoms with E-state index in [4.69, 9.17) is 10.5 Å². The van der Waals surface area contributed by atoms with E-state index in [1.54, 1.807) is 20.8 Å². The number of benzene rings is 1. The molecule has 2 rings (SSSR count). The Kier molecular flexibility index (Phi) is 4.25. The summed E-state index contributed by atoms with van der Waals surface area (Å²) >= 11 is 0. The monoisotopic (exact) mass is 299 g/mol. The fourth-order valence-electron chi connectivity index (χ4n) is 2.34. The number of rotatable bonds is 3. The lowest BCUT2D eigenvalue weighted by Gasteiger charge is -2.18. The number of hydrogen-bond acceptors (Lipinski definition) is 4. The van der Waals surface area contributed by atoms with Gasteiger partial charge in [0.2, 0.25) is 0 Å². The number of nitrogens with one attached hydrogen (secondary N) is 1. The summed E-state index contributed by atoms with van der Waals surface area (Å²) in [6.45, 7) is 7.31. The van der Waals surface area contributed by atoms with Crippen molar-refractivity contribution in [1.82, 2.24) is 4.98 Å². The normalized spacial score (nSPS) is 12.9. The molecule has 1 aromatic carbocycles. The summed E-state index contributed by atoms with van der Waals surface area (Å²) in [6, 6.07) is 7.85. The molecular formula is C17H21N3O2. The van der Waals surface area contributed by atoms with Gasteiger partial charge in [0.1, 0.15) is 17.4 Å². The molecule has 0 saturated heterocycles. The van der Waals surface area contributed by atoms with E-state index >= 15 is 0 Å². The van der Waals surface area contributed by atoms with Crippen LogP contribution in [0.4, 0.5) is 0 Å². The third-order valence-electron chi connectivity index (χ3n) is 3.14. The predicted molar refractivity (Wildman–Crippen MR) is 85.5 cm³/mol. The molecule has 0 aliphatic heterocycles. The number of nitrogens with zero attached hydrogens (tertiary/aromatic N) is 1. The Bertz CT molecular complexity index is 746. The molecule has 0 aliphatic carbocycles. The zero-order valence-electron chi connectivity index (χ0n) is 13.4. The molecule has 5 heteroatoms. The molecule has 1 heterocycles. The van der Waals surface area contributed by atoms with Crippen LogP contribution in [0.5, 0.6) is 0 Å². The number of ether oxygens (including phenoxy) is 1. The molecule has 1 aromatic heterocycles. The first-order chi connectivity index (χ1) is 10.2. The fraction of sp³-hybridized carbons (Fsp3) is 0.412. The summed E-state index contributed by atoms with van der Waals surface area (Å²) in [4.78, 5) is 15.2. The smallest absolute Gasteiger partial charge is 0.356 e. The Hall–Kier alpha value is -2.32. The molecule has 0 saturated carbocycles. The standard InChI is InChI=1S/C17H21N3O2/c1-10(19)7-11-5-6-14-12(8-11)13(9-18)15(20-14)16(21)22-17(2,3)4/h5-6,8,10,20H,7,19H2,1-4H3. The first-order valence-electron chi connectivity index (χ1n) is 7.25. The maximum atomic E-state index is 12.2. The lowest BCUT2D eigenvalue weighted by Crippen LogP contribution is -2.24. The summed E-state index contributed by atoms with van der Waals surface area (Å²) in [5.74, 6) is -0.519. The van der Waals surface area contributed by atoms with Crippen LogP contribution in [0.3, 0.4) is 0 Å². The number of aromatic amines is 1. The zero-order chi connectivity index (χ0) is 16.5. The van der Waals surface area contributed by atoms with Crippen molar-refractivity contribution in [3.05, 3.63) is 35.0 Å². The first kappa shape index (κ1) is 16.1. The van der Waals surface area contributed by atoms with Crippen LogP contribution in [0.25, 0.3) is 10.9 Å². The number of aromatic nitrogens is 1. The van der Waals surface area contributed by atoms with Crippen molar-refractivity contribution >= 4 is 16.9 Å². The van der Waals surface area contributed by atoms with Crippen LogP contribution in [0.1, 0.15) is 49.3 Å². The number of nitrogens with two attached hydrogens (primary N) is 1. The summed E-state index contributed by atoms with van der Waals surface area (Å²) in [5, 5.41) is 10.1. The number of H-pyrrole nitrogens is 1. The van der Waals surface area contributed by atoms with Crippen LogP contribution < -0.4 is 5.73 Å². The Morgan fingerprint density at radius 3 is 2.68 bits per heavy atom. The van der Waals surface area contributed by atoms with E-state index in [9.17, 15) is 10.1 Å². The van der Waals surface area contributed by atoms with Crippen molar-refractivity contribution in [3.63, 3.8) is 0 Å². The van der Waals surface area contributed by atoms with Crippen molar-refractivity contribution < 1.29 is 9.53 Å². The van der Waals surface area contributed by atoms with Crippen molar-refractivity contribution in [1.29, 1.82) is 5.26 Å². The van der Waals surface area contributed by atoms with Crippen molar-refractivity contribution in [3.8, 4) is 6.07 Å². The Morgan fingerprint density at radius 1 is 1.45 bits per heavy atom. The van der Waals surface area contributed by atoms with Crippen LogP contribution in [-0.2, 0) is 11.2 Å². The van der Waals surface area contributed by atoms with Gasteiger partial charge in [-0.2, -0.15) is 5.26 Å². The van der Waals surface area contributed by atoms with Gasteiger partial charge in [0.05, 0.1) is 5.56 Å². The fourth-order valence-corrected chi connectivity index (χ4v) is 2.34. The highest BCUT2D eigenvalue weighted by atomic mass is 16.6. The van der Waals surface area contributed by atoms with E-state index in [0.29, 0.717) is 12.0 Å². The maximum absolute atomic E-state index is 12.2. The lowest BCUT2D eigenvalue weighted by molar-refractivity contribution is 0.00635. The molecule has 5 nitrogen and oxygen atoms in total. The molecule has 0 bridgehead atoms. The second-order valence-corrected chi connectivity index (χ2v) is 6.55. The molecule has 0 fully saturated rings. The summed E-state index contributed by atoms with van der Waals surface area (Å²) < 4.78 is 5.35. The molecule has 116 valence electrons. The van der Waals surface area contributed by atoms with Crippen molar-refractivity contribution in [2.75, 3.05) is 0 Å². The molecule has 0 amide bonds. The van der Waals surface area contributed by atoms with Gasteiger partial charge in [-0.1, -0.05) is 6.07 Å². The van der Waals surface area contributed by atoms with E-state index in [1.807, 2.05) is 25.1 Å². The van der Waals surface area contributed by atoms with E-state index < -0.39 is 11.6 Å². The minimum atomic E-state index is -0.610. The highest BCUT2D eigenvalue weighted by Crippen LogP contribution is 2.25. The number of carbonyl (C=O) groups is 1. The molecule has 0 radical (unpaired) electrons. The van der Waals surface area contributed by atoms with Gasteiger partial charge in [0.15, 0.2) is 0 Å². The SMILES string of the molecule is CC(N)Cc1ccc2[nH]c(C(=O)OC(C)(C)C)c(C#N)c2c1. The second-order valence-electron chi connectivity index (χ2n) is 6.55. The molecule has 1 atom stereocenters. The topological polar surface area (TPSA) is 91.9 Å². The lowest BCUT2D eigenvalue weighted by atomic mass is 10.0. The van der Waals surface area contributed by atoms with Gasteiger partial charge in [-0.05, 0) is 51.8 Å². The van der Waals surface area contributed by atoms with E-state index in [2.05, 4.69) is 11.1 Å². The number of fused-ring (bicyclic) bond motifs is 1. The summed E-state index contributed by atoms with van der Waals surface area (Å²) in [5.41, 5.74) is 7.50. The Morgan fingerprint density at radius 2 is 2.14 bits per heavy atom. The van der Waals surface area contributed by atoms with Crippen LogP contribution in [0.15, 0.2) is 18.2 Å². The molecule has 0 spiro atoms. The van der Waals surface area contributed by atoms with E-state index in [-0.39, 0.29) is 11.7 Å². The van der Waals surface area contributed by atoms with Gasteiger partial charge >= 0.3 is 5.97 Å². The quantitative estimate of drug-likeness (QED) is 0.852. The average Bonchev–Trinajstić information content (AvgIpc) is 2.73. The molecule has 2 aromatic rings. The van der Waals surface area contributed by atoms with E-state index in [1.165, 1.54) is 0 Å². The first-order valence-corrected chi connectivity index (χ1v) is 7.25. The van der Waals surface area contributed by atoms with Crippen LogP contribution in [0, 0.1) is 11.3 Å². The van der Waals surface area contributed by atoms with Gasteiger partial charge in [-0.3, -0.25) is 0 Å². The van der Waals surface area contributed by atoms with Crippen molar-refractivity contribution in [2.24, 2.45) is 5.73 Å². The highest BCUT2D eigenvalue weighted by Gasteiger charge is 2.24. The van der Waals surface area contributed by atoms with Crippen molar-refractivity contribution in [2.45, 2.75) is 45.8 Å². The Labute approximate surface area is 130 Å². The van der Waals surface area contributed by atoms with Gasteiger partial charge in [0, 0.05) is 16.9 Å². The van der Waals surface area contributed by atoms with Gasteiger partial charge in [0.25, 0.3) is 0 Å². The number of carbonyl (C=O) groups excluding carboxylic acids is 1. The third kappa shape index (κ3) is 3.46. The summed E-state index contributed by atoms with van der Waals surface area (Å²) in [7, 11) is 0. The number of hydrogen-bond donors (Lipinski definition) is 2. The third-order valence-corrected chi connectivity index (χ3v) is 3.14. The minimum Gasteiger partial charge on any atom is -0.455 e. The van der Waals surface area contributed by atoms with E-state index in [0.717, 1.165) is 16.5 Å².